The van der Waals surface area contributed by atoms with E-state index < -0.39 is 21.9 Å². The largest absolute Gasteiger partial charge is 0.482 e. The normalized spacial score (nSPS) is 11.2. The van der Waals surface area contributed by atoms with Gasteiger partial charge in [0.2, 0.25) is 10.0 Å². The summed E-state index contributed by atoms with van der Waals surface area (Å²) in [5.41, 5.74) is 1.43. The lowest BCUT2D eigenvalue weighted by Crippen LogP contribution is -2.30. The second kappa shape index (κ2) is 10.2. The van der Waals surface area contributed by atoms with Crippen LogP contribution in [0.1, 0.15) is 29.8 Å². The molecule has 0 heterocycles. The third-order valence-electron chi connectivity index (χ3n) is 4.49. The topological polar surface area (TPSA) is 102 Å². The number of carbonyl (C=O) groups excluding carboxylic acids is 2. The Hall–Kier alpha value is -2.91. The first kappa shape index (κ1) is 23.4. The molecule has 2 rings (SSSR count). The van der Waals surface area contributed by atoms with Gasteiger partial charge in [-0.25, -0.2) is 13.2 Å². The van der Waals surface area contributed by atoms with E-state index in [-0.39, 0.29) is 17.1 Å². The Morgan fingerprint density at radius 3 is 2.23 bits per heavy atom. The van der Waals surface area contributed by atoms with E-state index in [1.54, 1.807) is 51.1 Å². The molecule has 30 heavy (non-hydrogen) atoms. The summed E-state index contributed by atoms with van der Waals surface area (Å²) in [6.45, 7) is 5.75. The van der Waals surface area contributed by atoms with Gasteiger partial charge in [-0.1, -0.05) is 19.9 Å². The van der Waals surface area contributed by atoms with Gasteiger partial charge in [-0.05, 0) is 48.9 Å². The van der Waals surface area contributed by atoms with E-state index in [0.717, 1.165) is 0 Å². The van der Waals surface area contributed by atoms with E-state index in [1.807, 2.05) is 0 Å². The monoisotopic (exact) mass is 434 g/mol. The molecule has 0 bridgehead atoms. The molecule has 1 N–H and O–H groups in total. The molecule has 0 radical (unpaired) electrons. The SMILES string of the molecule is CCN(CC)S(=O)(=O)c1ccc(C)c(C(=O)Nc2ccc(OCC(=O)OC)cc2)c1. The van der Waals surface area contributed by atoms with Crippen LogP contribution in [0, 0.1) is 6.92 Å². The lowest BCUT2D eigenvalue weighted by molar-refractivity contribution is -0.142. The third-order valence-corrected chi connectivity index (χ3v) is 6.54. The fourth-order valence-electron chi connectivity index (χ4n) is 2.75. The van der Waals surface area contributed by atoms with Crippen molar-refractivity contribution < 1.29 is 27.5 Å². The predicted octanol–water partition coefficient (Wildman–Crippen LogP) is 2.83. The number of hydrogen-bond donors (Lipinski definition) is 1. The number of rotatable bonds is 9. The van der Waals surface area contributed by atoms with Gasteiger partial charge in [-0.2, -0.15) is 4.31 Å². The average Bonchev–Trinajstić information content (AvgIpc) is 2.73. The second-order valence-electron chi connectivity index (χ2n) is 6.41. The zero-order valence-corrected chi connectivity index (χ0v) is 18.3. The average molecular weight is 435 g/mol. The van der Waals surface area contributed by atoms with Gasteiger partial charge in [-0.3, -0.25) is 4.79 Å². The molecule has 0 unspecified atom stereocenters. The van der Waals surface area contributed by atoms with Gasteiger partial charge in [0.05, 0.1) is 12.0 Å². The molecule has 0 fully saturated rings. The van der Waals surface area contributed by atoms with Gasteiger partial charge < -0.3 is 14.8 Å². The van der Waals surface area contributed by atoms with Crippen LogP contribution in [0.5, 0.6) is 5.75 Å². The molecule has 0 aliphatic heterocycles. The summed E-state index contributed by atoms with van der Waals surface area (Å²) < 4.78 is 36.6. The van der Waals surface area contributed by atoms with Crippen molar-refractivity contribution in [3.8, 4) is 5.75 Å². The number of nitrogens with one attached hydrogen (secondary N) is 1. The van der Waals surface area contributed by atoms with Crippen LogP contribution in [0.25, 0.3) is 0 Å². The summed E-state index contributed by atoms with van der Waals surface area (Å²) in [4.78, 5) is 23.9. The van der Waals surface area contributed by atoms with E-state index in [1.165, 1.54) is 23.5 Å². The van der Waals surface area contributed by atoms with Crippen molar-refractivity contribution in [3.63, 3.8) is 0 Å². The fraction of sp³-hybridized carbons (Fsp3) is 0.333. The van der Waals surface area contributed by atoms with Crippen molar-refractivity contribution in [2.45, 2.75) is 25.7 Å². The smallest absolute Gasteiger partial charge is 0.343 e. The van der Waals surface area contributed by atoms with Gasteiger partial charge in [-0.15, -0.1) is 0 Å². The second-order valence-corrected chi connectivity index (χ2v) is 8.35. The van der Waals surface area contributed by atoms with Crippen LogP contribution in [0.3, 0.4) is 0 Å². The van der Waals surface area contributed by atoms with Crippen molar-refractivity contribution in [1.82, 2.24) is 4.31 Å². The van der Waals surface area contributed by atoms with Crippen molar-refractivity contribution >= 4 is 27.6 Å². The first-order valence-corrected chi connectivity index (χ1v) is 10.9. The van der Waals surface area contributed by atoms with Crippen molar-refractivity contribution in [2.75, 3.05) is 32.1 Å². The highest BCUT2D eigenvalue weighted by Gasteiger charge is 2.23. The first-order chi connectivity index (χ1) is 14.2. The third kappa shape index (κ3) is 5.58. The molecule has 0 saturated heterocycles. The maximum atomic E-state index is 12.8. The zero-order chi connectivity index (χ0) is 22.3. The van der Waals surface area contributed by atoms with Crippen LogP contribution in [0.2, 0.25) is 0 Å². The highest BCUT2D eigenvalue weighted by atomic mass is 32.2. The van der Waals surface area contributed by atoms with E-state index in [4.69, 9.17) is 4.74 Å². The van der Waals surface area contributed by atoms with E-state index in [2.05, 4.69) is 10.1 Å². The predicted molar refractivity (Wildman–Crippen MR) is 113 cm³/mol. The minimum atomic E-state index is -3.67. The van der Waals surface area contributed by atoms with Crippen molar-refractivity contribution in [3.05, 3.63) is 53.6 Å². The van der Waals surface area contributed by atoms with Gasteiger partial charge in [0, 0.05) is 24.3 Å². The molecule has 0 spiro atoms. The number of aryl methyl sites for hydroxylation is 1. The van der Waals surface area contributed by atoms with Crippen LogP contribution in [0.15, 0.2) is 47.4 Å². The molecular formula is C21H26N2O6S. The first-order valence-electron chi connectivity index (χ1n) is 9.44. The van der Waals surface area contributed by atoms with Gasteiger partial charge in [0.15, 0.2) is 6.61 Å². The number of carbonyl (C=O) groups is 2. The zero-order valence-electron chi connectivity index (χ0n) is 17.5. The van der Waals surface area contributed by atoms with Crippen LogP contribution >= 0.6 is 0 Å². The highest BCUT2D eigenvalue weighted by Crippen LogP contribution is 2.21. The summed E-state index contributed by atoms with van der Waals surface area (Å²) >= 11 is 0. The molecule has 1 amide bonds. The number of hydrogen-bond acceptors (Lipinski definition) is 6. The minimum absolute atomic E-state index is 0.0773. The minimum Gasteiger partial charge on any atom is -0.482 e. The molecule has 2 aromatic carbocycles. The van der Waals surface area contributed by atoms with Crippen LogP contribution in [-0.2, 0) is 19.6 Å². The number of esters is 1. The Bertz CT molecular complexity index is 999. The Balaban J connectivity index is 2.18. The fourth-order valence-corrected chi connectivity index (χ4v) is 4.24. The molecule has 0 aromatic heterocycles. The molecule has 0 aliphatic rings. The molecule has 8 nitrogen and oxygen atoms in total. The van der Waals surface area contributed by atoms with Crippen LogP contribution in [0.4, 0.5) is 5.69 Å². The van der Waals surface area contributed by atoms with E-state index in [9.17, 15) is 18.0 Å². The summed E-state index contributed by atoms with van der Waals surface area (Å²) in [5.74, 6) is -0.475. The molecule has 9 heteroatoms. The maximum Gasteiger partial charge on any atom is 0.343 e. The van der Waals surface area contributed by atoms with Crippen molar-refractivity contribution in [1.29, 1.82) is 0 Å². The number of amides is 1. The van der Waals surface area contributed by atoms with Gasteiger partial charge in [0.25, 0.3) is 5.91 Å². The number of ether oxygens (including phenoxy) is 2. The number of sulfonamides is 1. The number of anilines is 1. The summed E-state index contributed by atoms with van der Waals surface area (Å²) in [7, 11) is -2.40. The van der Waals surface area contributed by atoms with E-state index >= 15 is 0 Å². The number of benzene rings is 2. The van der Waals surface area contributed by atoms with Crippen LogP contribution < -0.4 is 10.1 Å². The standard InChI is InChI=1S/C21H26N2O6S/c1-5-23(6-2)30(26,27)18-12-7-15(3)19(13-18)21(25)22-16-8-10-17(11-9-16)29-14-20(24)28-4/h7-13H,5-6,14H2,1-4H3,(H,22,25). The number of nitrogens with zero attached hydrogens (tertiary/aromatic N) is 1. The highest BCUT2D eigenvalue weighted by molar-refractivity contribution is 7.89. The van der Waals surface area contributed by atoms with E-state index in [0.29, 0.717) is 30.1 Å². The lowest BCUT2D eigenvalue weighted by atomic mass is 10.1. The molecule has 0 aliphatic carbocycles. The molecule has 162 valence electrons. The molecule has 0 saturated carbocycles. The Labute approximate surface area is 176 Å². The molecule has 0 atom stereocenters. The lowest BCUT2D eigenvalue weighted by Gasteiger charge is -2.19. The van der Waals surface area contributed by atoms with Gasteiger partial charge in [0.1, 0.15) is 5.75 Å². The maximum absolute atomic E-state index is 12.8. The Kier molecular flexibility index (Phi) is 7.96. The number of methoxy groups -OCH3 is 1. The van der Waals surface area contributed by atoms with Crippen molar-refractivity contribution in [2.24, 2.45) is 0 Å². The summed E-state index contributed by atoms with van der Waals surface area (Å²) in [6, 6.07) is 11.0. The Morgan fingerprint density at radius 2 is 1.67 bits per heavy atom. The Morgan fingerprint density at radius 1 is 1.03 bits per heavy atom. The molecule has 2 aromatic rings. The summed E-state index contributed by atoms with van der Waals surface area (Å²) in [6.07, 6.45) is 0. The van der Waals surface area contributed by atoms with Crippen LogP contribution in [-0.4, -0.2) is 51.4 Å². The quantitative estimate of drug-likeness (QED) is 0.609. The molecular weight excluding hydrogens is 408 g/mol. The summed E-state index contributed by atoms with van der Waals surface area (Å²) in [5, 5.41) is 2.74. The van der Waals surface area contributed by atoms with Gasteiger partial charge >= 0.3 is 5.97 Å².